The molecule has 18 heteroatoms. The molecule has 10 rings (SSSR count). The van der Waals surface area contributed by atoms with Gasteiger partial charge in [-0.3, -0.25) is 9.59 Å². The fourth-order valence-corrected chi connectivity index (χ4v) is 18.9. The minimum atomic E-state index is -3.40. The average molecular weight is 1730 g/mol. The van der Waals surface area contributed by atoms with Crippen molar-refractivity contribution in [2.45, 2.75) is 363 Å². The van der Waals surface area contributed by atoms with Crippen molar-refractivity contribution in [1.29, 1.82) is 0 Å². The van der Waals surface area contributed by atoms with E-state index in [0.717, 1.165) is 96.7 Å². The predicted octanol–water partition coefficient (Wildman–Crippen LogP) is 22.2. The Morgan fingerprint density at radius 1 is 0.480 bits per heavy atom. The molecule has 0 amide bonds. The van der Waals surface area contributed by atoms with Crippen LogP contribution in [0.15, 0.2) is 94.7 Å². The number of nitrogen functional groups attached to an aromatic ring is 1. The lowest BCUT2D eigenvalue weighted by molar-refractivity contribution is -0.0918. The zero-order chi connectivity index (χ0) is 90.9. The lowest BCUT2D eigenvalue weighted by atomic mass is 9.69. The van der Waals surface area contributed by atoms with Crippen LogP contribution in [-0.4, -0.2) is 171 Å². The van der Waals surface area contributed by atoms with E-state index >= 15 is 0 Å². The standard InChI is InChI=1S/C19H41NO5.C17H15NO2.C16H31N.C16H18O2S.C13H29N3.2C12H25N/c1-15(2)7-9-21-11-16(3)23-13-18(5)25-14-19(6)24-12-17(4)22-10-8-20;1-9(2)10-7-8-13(18)15-14(10)16(19)11-5-3-4-6-12(11)17(15)20;1-12(2)15-7-3-13(4-8-15)11-14-5-9-16(17)10-6-14;1-12(2)14-6-10-16(11-7-14)19(17,18)15-8-4-13(3)5-9-15;1-13(2)5-3-7-15-9-11-16(12-10-15)8-4-6-14;1-11(2)7-6-10-13-12-8-4-3-5-9-12;1-12(2,9-6-10-13)11-7-4-3-5-8-11/h15-19H,7-14,20H2,1-6H3;3-9H,18H2,1-2H3;12-16H,3-11,17H2,1-2H3;4-12H,1-3H3;13H,3-12,14H2,1-2H3;11-13H,3-10H2,1-2H3;11H,3-10,13H2,1-2H3. The molecule has 4 aromatic rings. The summed E-state index contributed by atoms with van der Waals surface area (Å²) in [6, 6.07) is 25.9. The van der Waals surface area contributed by atoms with Crippen molar-refractivity contribution in [3.8, 4) is 0 Å². The van der Waals surface area contributed by atoms with Crippen LogP contribution in [0.4, 0.5) is 5.69 Å². The van der Waals surface area contributed by atoms with Crippen molar-refractivity contribution in [2.75, 3.05) is 111 Å². The van der Waals surface area contributed by atoms with Crippen molar-refractivity contribution in [1.82, 2.24) is 15.1 Å². The summed E-state index contributed by atoms with van der Waals surface area (Å²) >= 11 is 0. The highest BCUT2D eigenvalue weighted by molar-refractivity contribution is 7.91. The maximum absolute atomic E-state index is 12.7. The Hall–Kier alpha value is -4.51. The van der Waals surface area contributed by atoms with Crippen molar-refractivity contribution >= 4 is 27.1 Å². The van der Waals surface area contributed by atoms with E-state index in [2.05, 4.69) is 98.2 Å². The van der Waals surface area contributed by atoms with Gasteiger partial charge < -0.3 is 67.5 Å². The van der Waals surface area contributed by atoms with E-state index in [-0.39, 0.29) is 41.9 Å². The molecule has 4 aromatic carbocycles. The van der Waals surface area contributed by atoms with Gasteiger partial charge in [-0.05, 0) is 295 Å². The SMILES string of the molecule is CC(C)(CCCN)C1CCCCC1.CC(C)C1CCC(CC2CCC(N)CC2)CC1.CC(C)CCCN1CCN(CCCN)CC1.CC(C)CCCNC1CCCCC1.CC(C)CCOCC(C)OCC(C)OCC(C)OCC(C)OCCN.CC(C)c1ccc(N)c2c1C(=O)c1ccccc1C2=O.Cc1ccc(S(=O)(=O)c2ccc(C(C)C)cc2)cc1. The van der Waals surface area contributed by atoms with Gasteiger partial charge >= 0.3 is 0 Å². The molecule has 6 aliphatic rings. The van der Waals surface area contributed by atoms with Crippen molar-refractivity contribution in [2.24, 2.45) is 75.7 Å². The number of rotatable bonds is 40. The number of hydrogen-bond donors (Lipinski definition) is 6. The van der Waals surface area contributed by atoms with Crippen LogP contribution < -0.4 is 34.0 Å². The normalized spacial score (nSPS) is 19.7. The van der Waals surface area contributed by atoms with E-state index in [1.54, 1.807) is 54.6 Å². The van der Waals surface area contributed by atoms with Crippen molar-refractivity contribution < 1.29 is 41.7 Å². The number of carbonyl (C=O) groups is 2. The Labute approximate surface area is 752 Å². The average Bonchev–Trinajstić information content (AvgIpc) is 0.741. The van der Waals surface area contributed by atoms with Crippen LogP contribution in [0.25, 0.3) is 0 Å². The van der Waals surface area contributed by atoms with Crippen molar-refractivity contribution in [3.63, 3.8) is 0 Å². The number of hydrogen-bond acceptors (Lipinski definition) is 17. The van der Waals surface area contributed by atoms with Crippen LogP contribution in [0, 0.1) is 59.7 Å². The molecule has 0 spiro atoms. The number of sulfone groups is 1. The second-order valence-electron chi connectivity index (χ2n) is 40.0. The molecule has 0 radical (unpaired) electrons. The van der Waals surface area contributed by atoms with E-state index in [1.165, 1.54) is 206 Å². The lowest BCUT2D eigenvalue weighted by Crippen LogP contribution is -2.47. The number of nitrogens with one attached hydrogen (secondary N) is 1. The number of aryl methyl sites for hydroxylation is 1. The maximum Gasteiger partial charge on any atom is 0.206 e. The molecule has 1 aliphatic heterocycles. The highest BCUT2D eigenvalue weighted by Gasteiger charge is 2.35. The third kappa shape index (κ3) is 44.6. The summed E-state index contributed by atoms with van der Waals surface area (Å²) in [5.41, 5.74) is 34.2. The van der Waals surface area contributed by atoms with Crippen LogP contribution in [0.2, 0.25) is 0 Å². The predicted molar refractivity (Wildman–Crippen MR) is 519 cm³/mol. The van der Waals surface area contributed by atoms with Gasteiger partial charge in [0.15, 0.2) is 11.6 Å². The smallest absolute Gasteiger partial charge is 0.206 e. The summed E-state index contributed by atoms with van der Waals surface area (Å²) in [5.74, 6) is 7.63. The Bertz CT molecular complexity index is 3500. The van der Waals surface area contributed by atoms with Gasteiger partial charge in [-0.15, -0.1) is 0 Å². The summed E-state index contributed by atoms with van der Waals surface area (Å²) in [7, 11) is -3.40. The van der Waals surface area contributed by atoms with Gasteiger partial charge in [-0.2, -0.15) is 0 Å². The molecule has 11 N–H and O–H groups in total. The fourth-order valence-electron chi connectivity index (χ4n) is 17.6. The molecule has 123 heavy (non-hydrogen) atoms. The Morgan fingerprint density at radius 3 is 1.42 bits per heavy atom. The number of carbonyl (C=O) groups excluding carboxylic acids is 2. The number of fused-ring (bicyclic) bond motifs is 2. The van der Waals surface area contributed by atoms with Gasteiger partial charge in [-0.1, -0.05) is 208 Å². The molecule has 5 fully saturated rings. The Morgan fingerprint density at radius 2 is 0.943 bits per heavy atom. The van der Waals surface area contributed by atoms with Crippen LogP contribution in [-0.2, 0) is 33.5 Å². The first-order chi connectivity index (χ1) is 58.6. The summed E-state index contributed by atoms with van der Waals surface area (Å²) in [5, 5.41) is 3.68. The van der Waals surface area contributed by atoms with Crippen LogP contribution >= 0.6 is 0 Å². The highest BCUT2D eigenvalue weighted by Crippen LogP contribution is 2.42. The zero-order valence-electron chi connectivity index (χ0n) is 81.6. The molecule has 4 atom stereocenters. The number of nitrogens with two attached hydrogens (primary N) is 5. The first-order valence-corrected chi connectivity index (χ1v) is 50.7. The molecule has 0 bridgehead atoms. The quantitative estimate of drug-likeness (QED) is 0.0157. The second kappa shape index (κ2) is 61.9. The van der Waals surface area contributed by atoms with Crippen LogP contribution in [0.3, 0.4) is 0 Å². The van der Waals surface area contributed by atoms with Crippen LogP contribution in [0.5, 0.6) is 0 Å². The highest BCUT2D eigenvalue weighted by atomic mass is 32.2. The second-order valence-corrected chi connectivity index (χ2v) is 41.9. The van der Waals surface area contributed by atoms with E-state index in [4.69, 9.17) is 52.4 Å². The molecular formula is C105H184N8O9S. The Kier molecular flexibility index (Phi) is 55.8. The fraction of sp³-hybridized carbons (Fsp3) is 0.752. The topological polar surface area (TPSA) is 263 Å². The first kappa shape index (κ1) is 111. The molecule has 704 valence electrons. The number of ketones is 2. The summed E-state index contributed by atoms with van der Waals surface area (Å²) in [6.45, 7) is 55.9. The van der Waals surface area contributed by atoms with E-state index in [9.17, 15) is 18.0 Å². The first-order valence-electron chi connectivity index (χ1n) is 49.2. The van der Waals surface area contributed by atoms with E-state index in [0.29, 0.717) is 101 Å². The largest absolute Gasteiger partial charge is 0.398 e. The van der Waals surface area contributed by atoms with Gasteiger partial charge in [0.2, 0.25) is 9.84 Å². The third-order valence-corrected chi connectivity index (χ3v) is 27.8. The van der Waals surface area contributed by atoms with Gasteiger partial charge in [0, 0.05) is 73.8 Å². The number of nitrogens with zero attached hydrogens (tertiary/aromatic N) is 2. The molecule has 17 nitrogen and oxygen atoms in total. The van der Waals surface area contributed by atoms with Gasteiger partial charge in [0.25, 0.3) is 0 Å². The van der Waals surface area contributed by atoms with E-state index in [1.807, 2.05) is 78.8 Å². The molecule has 4 unspecified atom stereocenters. The molecule has 1 heterocycles. The molecular weight excluding hydrogens is 1550 g/mol. The molecule has 4 saturated carbocycles. The summed E-state index contributed by atoms with van der Waals surface area (Å²) in [4.78, 5) is 31.2. The number of ether oxygens (including phenoxy) is 5. The van der Waals surface area contributed by atoms with Crippen LogP contribution in [0.1, 0.15) is 358 Å². The minimum Gasteiger partial charge on any atom is -0.398 e. The van der Waals surface area contributed by atoms with Gasteiger partial charge in [-0.25, -0.2) is 8.42 Å². The van der Waals surface area contributed by atoms with Crippen molar-refractivity contribution in [3.05, 3.63) is 124 Å². The number of piperazine rings is 1. The lowest BCUT2D eigenvalue weighted by Gasteiger charge is -2.37. The van der Waals surface area contributed by atoms with E-state index < -0.39 is 9.84 Å². The summed E-state index contributed by atoms with van der Waals surface area (Å²) < 4.78 is 53.2. The zero-order valence-corrected chi connectivity index (χ0v) is 82.4. The number of benzene rings is 4. The molecule has 5 aliphatic carbocycles. The Balaban J connectivity index is 0.000000304. The third-order valence-electron chi connectivity index (χ3n) is 26.0. The van der Waals surface area contributed by atoms with Gasteiger partial charge in [0.05, 0.1) is 72.8 Å². The summed E-state index contributed by atoms with van der Waals surface area (Å²) in [6.07, 6.45) is 37.7. The van der Waals surface area contributed by atoms with Gasteiger partial charge in [0.1, 0.15) is 0 Å². The molecule has 0 aromatic heterocycles. The molecule has 1 saturated heterocycles. The number of anilines is 1. The monoisotopic (exact) mass is 1730 g/mol. The maximum atomic E-state index is 12.7. The minimum absolute atomic E-state index is 0.0168.